The van der Waals surface area contributed by atoms with Gasteiger partial charge in [-0.2, -0.15) is 4.98 Å². The summed E-state index contributed by atoms with van der Waals surface area (Å²) in [5.41, 5.74) is 6.22. The van der Waals surface area contributed by atoms with Gasteiger partial charge in [-0.05, 0) is 32.6 Å². The molecule has 0 radical (unpaired) electrons. The van der Waals surface area contributed by atoms with Crippen LogP contribution < -0.4 is 5.73 Å². The molecule has 26 heavy (non-hydrogen) atoms. The summed E-state index contributed by atoms with van der Waals surface area (Å²) in [6, 6.07) is -0.343. The van der Waals surface area contributed by atoms with Gasteiger partial charge in [0.1, 0.15) is 0 Å². The van der Waals surface area contributed by atoms with Crippen molar-refractivity contribution >= 4 is 30.7 Å². The van der Waals surface area contributed by atoms with Crippen molar-refractivity contribution in [3.05, 3.63) is 11.7 Å². The molecule has 0 saturated carbocycles. The molecule has 2 aliphatic rings. The van der Waals surface area contributed by atoms with E-state index in [2.05, 4.69) is 22.0 Å². The van der Waals surface area contributed by atoms with Crippen LogP contribution in [-0.2, 0) is 9.53 Å². The van der Waals surface area contributed by atoms with E-state index in [1.807, 2.05) is 11.8 Å². The van der Waals surface area contributed by atoms with E-state index in [4.69, 9.17) is 15.0 Å². The normalized spacial score (nSPS) is 21.4. The topological polar surface area (TPSA) is 97.7 Å². The molecule has 10 heteroatoms. The first-order chi connectivity index (χ1) is 11.6. The van der Waals surface area contributed by atoms with Gasteiger partial charge in [0.25, 0.3) is 0 Å². The highest BCUT2D eigenvalue weighted by molar-refractivity contribution is 5.85. The number of rotatable bonds is 4. The highest BCUT2D eigenvalue weighted by Gasteiger charge is 2.33. The van der Waals surface area contributed by atoms with Crippen LogP contribution in [0.1, 0.15) is 37.5 Å². The van der Waals surface area contributed by atoms with Gasteiger partial charge in [0.05, 0.1) is 12.1 Å². The lowest BCUT2D eigenvalue weighted by atomic mass is 9.91. The molecular weight excluding hydrogens is 381 g/mol. The van der Waals surface area contributed by atoms with Crippen LogP contribution in [0.4, 0.5) is 0 Å². The van der Waals surface area contributed by atoms with E-state index in [0.717, 1.165) is 25.9 Å². The lowest BCUT2D eigenvalue weighted by molar-refractivity contribution is -0.136. The van der Waals surface area contributed by atoms with Crippen LogP contribution in [0.25, 0.3) is 0 Å². The quantitative estimate of drug-likeness (QED) is 0.796. The lowest BCUT2D eigenvalue weighted by Crippen LogP contribution is -2.55. The van der Waals surface area contributed by atoms with Crippen molar-refractivity contribution in [3.63, 3.8) is 0 Å². The van der Waals surface area contributed by atoms with E-state index in [1.165, 1.54) is 0 Å². The average Bonchev–Trinajstić information content (AvgIpc) is 3.07. The van der Waals surface area contributed by atoms with Gasteiger partial charge in [-0.3, -0.25) is 9.69 Å². The number of hydrogen-bond donors (Lipinski definition) is 1. The van der Waals surface area contributed by atoms with Crippen LogP contribution in [-0.4, -0.2) is 71.3 Å². The van der Waals surface area contributed by atoms with Crippen LogP contribution in [0.15, 0.2) is 4.52 Å². The number of carbonyl (C=O) groups is 1. The molecule has 150 valence electrons. The molecule has 1 aromatic heterocycles. The standard InChI is InChI=1S/C16H27N5O3.2ClH/c1-11(15-18-12(2)19-24-15)20-5-7-21(8-6-20)16(22)14(17)13-3-9-23-10-4-13;;/h11,13-14H,3-10,17H2,1-2H3;2*1H. The van der Waals surface area contributed by atoms with Gasteiger partial charge < -0.3 is 19.9 Å². The summed E-state index contributed by atoms with van der Waals surface area (Å²) in [7, 11) is 0. The van der Waals surface area contributed by atoms with E-state index in [9.17, 15) is 4.79 Å². The van der Waals surface area contributed by atoms with E-state index in [0.29, 0.717) is 38.0 Å². The minimum absolute atomic E-state index is 0. The zero-order valence-corrected chi connectivity index (χ0v) is 16.9. The van der Waals surface area contributed by atoms with Gasteiger partial charge in [0, 0.05) is 39.4 Å². The van der Waals surface area contributed by atoms with Gasteiger partial charge in [0.2, 0.25) is 11.8 Å². The Bertz CT molecular complexity index is 560. The number of amides is 1. The molecule has 0 aliphatic carbocycles. The molecule has 2 atom stereocenters. The van der Waals surface area contributed by atoms with E-state index < -0.39 is 6.04 Å². The van der Waals surface area contributed by atoms with Crippen molar-refractivity contribution in [2.75, 3.05) is 39.4 Å². The zero-order chi connectivity index (χ0) is 17.1. The third kappa shape index (κ3) is 5.29. The number of aryl methyl sites for hydroxylation is 1. The number of hydrogen-bond acceptors (Lipinski definition) is 7. The minimum atomic E-state index is -0.406. The van der Waals surface area contributed by atoms with E-state index in [-0.39, 0.29) is 42.7 Å². The molecule has 0 bridgehead atoms. The Morgan fingerprint density at radius 3 is 2.35 bits per heavy atom. The fourth-order valence-corrected chi connectivity index (χ4v) is 3.46. The second-order valence-corrected chi connectivity index (χ2v) is 6.69. The Morgan fingerprint density at radius 2 is 1.81 bits per heavy atom. The summed E-state index contributed by atoms with van der Waals surface area (Å²) in [5.74, 6) is 1.59. The number of piperazine rings is 1. The predicted octanol–water partition coefficient (Wildman–Crippen LogP) is 1.18. The molecule has 2 saturated heterocycles. The summed E-state index contributed by atoms with van der Waals surface area (Å²) in [5, 5.41) is 3.85. The van der Waals surface area contributed by atoms with E-state index >= 15 is 0 Å². The molecule has 1 amide bonds. The lowest BCUT2D eigenvalue weighted by Gasteiger charge is -2.39. The Balaban J connectivity index is 0.00000169. The number of carbonyl (C=O) groups excluding carboxylic acids is 1. The predicted molar refractivity (Wildman–Crippen MR) is 102 cm³/mol. The third-order valence-corrected chi connectivity index (χ3v) is 5.13. The molecule has 8 nitrogen and oxygen atoms in total. The molecule has 2 N–H and O–H groups in total. The average molecular weight is 410 g/mol. The second kappa shape index (κ2) is 10.4. The Labute approximate surface area is 166 Å². The number of nitrogens with two attached hydrogens (primary N) is 1. The van der Waals surface area contributed by atoms with Crippen molar-refractivity contribution in [1.29, 1.82) is 0 Å². The Kier molecular flexibility index (Phi) is 9.26. The van der Waals surface area contributed by atoms with Crippen LogP contribution in [0.3, 0.4) is 0 Å². The highest BCUT2D eigenvalue weighted by atomic mass is 35.5. The molecule has 3 heterocycles. The summed E-state index contributed by atoms with van der Waals surface area (Å²) >= 11 is 0. The fourth-order valence-electron chi connectivity index (χ4n) is 3.46. The summed E-state index contributed by atoms with van der Waals surface area (Å²) in [6.45, 7) is 8.23. The van der Waals surface area contributed by atoms with Gasteiger partial charge >= 0.3 is 0 Å². The number of aromatic nitrogens is 2. The smallest absolute Gasteiger partial charge is 0.243 e. The molecule has 2 fully saturated rings. The number of halogens is 2. The summed E-state index contributed by atoms with van der Waals surface area (Å²) < 4.78 is 10.6. The Hall–Kier alpha value is -0.930. The number of nitrogens with zero attached hydrogens (tertiary/aromatic N) is 4. The molecular formula is C16H29Cl2N5O3. The minimum Gasteiger partial charge on any atom is -0.381 e. The largest absolute Gasteiger partial charge is 0.381 e. The summed E-state index contributed by atoms with van der Waals surface area (Å²) in [4.78, 5) is 21.1. The maximum Gasteiger partial charge on any atom is 0.243 e. The van der Waals surface area contributed by atoms with Crippen LogP contribution in [0, 0.1) is 12.8 Å². The first-order valence-electron chi connectivity index (χ1n) is 8.72. The maximum absolute atomic E-state index is 12.6. The van der Waals surface area contributed by atoms with Gasteiger partial charge in [-0.1, -0.05) is 5.16 Å². The second-order valence-electron chi connectivity index (χ2n) is 6.69. The first-order valence-corrected chi connectivity index (χ1v) is 8.72. The molecule has 2 aliphatic heterocycles. The van der Waals surface area contributed by atoms with Crippen LogP contribution in [0.5, 0.6) is 0 Å². The number of ether oxygens (including phenoxy) is 1. The van der Waals surface area contributed by atoms with Gasteiger partial charge in [-0.15, -0.1) is 24.8 Å². The van der Waals surface area contributed by atoms with Gasteiger partial charge in [0.15, 0.2) is 5.82 Å². The first kappa shape index (κ1) is 23.1. The van der Waals surface area contributed by atoms with Crippen molar-refractivity contribution in [2.45, 2.75) is 38.8 Å². The molecule has 0 aromatic carbocycles. The molecule has 0 spiro atoms. The van der Waals surface area contributed by atoms with Gasteiger partial charge in [-0.25, -0.2) is 0 Å². The van der Waals surface area contributed by atoms with Crippen LogP contribution >= 0.6 is 24.8 Å². The van der Waals surface area contributed by atoms with Crippen LogP contribution in [0.2, 0.25) is 0 Å². The van der Waals surface area contributed by atoms with Crippen molar-refractivity contribution in [3.8, 4) is 0 Å². The third-order valence-electron chi connectivity index (χ3n) is 5.13. The monoisotopic (exact) mass is 409 g/mol. The molecule has 1 aromatic rings. The molecule has 2 unspecified atom stereocenters. The van der Waals surface area contributed by atoms with Crippen molar-refractivity contribution < 1.29 is 14.1 Å². The SMILES string of the molecule is Cc1noc(C(C)N2CCN(C(=O)C(N)C3CCOCC3)CC2)n1.Cl.Cl. The highest BCUT2D eigenvalue weighted by Crippen LogP contribution is 2.22. The Morgan fingerprint density at radius 1 is 1.19 bits per heavy atom. The van der Waals surface area contributed by atoms with Crippen molar-refractivity contribution in [1.82, 2.24) is 19.9 Å². The van der Waals surface area contributed by atoms with Crippen molar-refractivity contribution in [2.24, 2.45) is 11.7 Å². The fraction of sp³-hybridized carbons (Fsp3) is 0.812. The summed E-state index contributed by atoms with van der Waals surface area (Å²) in [6.07, 6.45) is 1.75. The zero-order valence-electron chi connectivity index (χ0n) is 15.3. The maximum atomic E-state index is 12.6. The molecule has 3 rings (SSSR count). The van der Waals surface area contributed by atoms with E-state index in [1.54, 1.807) is 0 Å².